The van der Waals surface area contributed by atoms with Crippen molar-refractivity contribution in [1.82, 2.24) is 0 Å². The molecule has 0 saturated heterocycles. The molecule has 0 bridgehead atoms. The second kappa shape index (κ2) is 4.85. The van der Waals surface area contributed by atoms with E-state index in [0.29, 0.717) is 0 Å². The summed E-state index contributed by atoms with van der Waals surface area (Å²) < 4.78 is 5.14. The van der Waals surface area contributed by atoms with Crippen molar-refractivity contribution >= 4 is 23.2 Å². The van der Waals surface area contributed by atoms with Crippen LogP contribution in [-0.2, 0) is 4.79 Å². The topological polar surface area (TPSA) is 29.5 Å². The van der Waals surface area contributed by atoms with Crippen molar-refractivity contribution in [3.8, 4) is 5.75 Å². The van der Waals surface area contributed by atoms with Gasteiger partial charge in [0.1, 0.15) is 5.75 Å². The van der Waals surface area contributed by atoms with Gasteiger partial charge in [-0.25, -0.2) is 0 Å². The number of methoxy groups -OCH3 is 1. The van der Waals surface area contributed by atoms with Crippen LogP contribution in [0.25, 0.3) is 11.6 Å². The highest BCUT2D eigenvalue weighted by atomic mass is 16.5. The highest BCUT2D eigenvalue weighted by molar-refractivity contribution is 6.35. The maximum absolute atomic E-state index is 12.3. The van der Waals surface area contributed by atoms with E-state index in [0.717, 1.165) is 28.1 Å². The number of likely N-dealkylation sites (N-methyl/N-ethyl adjacent to an activating group) is 1. The van der Waals surface area contributed by atoms with Gasteiger partial charge in [0.15, 0.2) is 0 Å². The van der Waals surface area contributed by atoms with Gasteiger partial charge in [0.05, 0.1) is 12.8 Å². The van der Waals surface area contributed by atoms with Crippen LogP contribution in [0.3, 0.4) is 0 Å². The molecular formula is C17H15NO2. The molecule has 0 atom stereocenters. The Morgan fingerprint density at radius 2 is 1.75 bits per heavy atom. The molecule has 0 unspecified atom stereocenters. The van der Waals surface area contributed by atoms with Crippen molar-refractivity contribution in [3.05, 3.63) is 59.7 Å². The summed E-state index contributed by atoms with van der Waals surface area (Å²) in [6, 6.07) is 15.5. The Bertz CT molecular complexity index is 686. The Kier molecular flexibility index (Phi) is 3.03. The Balaban J connectivity index is 2.04. The Labute approximate surface area is 118 Å². The summed E-state index contributed by atoms with van der Waals surface area (Å²) in [6.07, 6.45) is 1.92. The molecule has 0 fully saturated rings. The molecule has 0 aromatic heterocycles. The zero-order valence-corrected chi connectivity index (χ0v) is 11.5. The van der Waals surface area contributed by atoms with Crippen LogP contribution >= 0.6 is 0 Å². The predicted octanol–water partition coefficient (Wildman–Crippen LogP) is 3.21. The molecule has 0 radical (unpaired) electrons. The van der Waals surface area contributed by atoms with Crippen molar-refractivity contribution < 1.29 is 9.53 Å². The number of fused-ring (bicyclic) bond motifs is 1. The number of carbonyl (C=O) groups excluding carboxylic acids is 1. The van der Waals surface area contributed by atoms with Gasteiger partial charge < -0.3 is 9.64 Å². The molecule has 2 aromatic rings. The highest BCUT2D eigenvalue weighted by Crippen LogP contribution is 2.36. The quantitative estimate of drug-likeness (QED) is 0.780. The average Bonchev–Trinajstić information content (AvgIpc) is 2.74. The molecule has 1 amide bonds. The van der Waals surface area contributed by atoms with Crippen molar-refractivity contribution in [2.75, 3.05) is 19.1 Å². The zero-order valence-electron chi connectivity index (χ0n) is 11.5. The van der Waals surface area contributed by atoms with E-state index in [-0.39, 0.29) is 5.91 Å². The van der Waals surface area contributed by atoms with Crippen molar-refractivity contribution in [2.24, 2.45) is 0 Å². The zero-order chi connectivity index (χ0) is 14.1. The summed E-state index contributed by atoms with van der Waals surface area (Å²) in [6.45, 7) is 0. The number of carbonyl (C=O) groups is 1. The number of amides is 1. The summed E-state index contributed by atoms with van der Waals surface area (Å²) in [4.78, 5) is 14.0. The van der Waals surface area contributed by atoms with E-state index in [1.807, 2.05) is 54.6 Å². The minimum atomic E-state index is 0.0296. The molecule has 0 saturated carbocycles. The number of anilines is 1. The van der Waals surface area contributed by atoms with E-state index in [2.05, 4.69) is 0 Å². The molecule has 0 N–H and O–H groups in total. The molecule has 1 aliphatic heterocycles. The molecule has 0 aliphatic carbocycles. The minimum Gasteiger partial charge on any atom is -0.497 e. The number of benzene rings is 2. The lowest BCUT2D eigenvalue weighted by molar-refractivity contribution is -0.112. The molecule has 3 nitrogen and oxygen atoms in total. The van der Waals surface area contributed by atoms with Crippen LogP contribution in [0, 0.1) is 0 Å². The number of nitrogens with zero attached hydrogens (tertiary/aromatic N) is 1. The highest BCUT2D eigenvalue weighted by Gasteiger charge is 2.28. The molecule has 0 spiro atoms. The number of ether oxygens (including phenoxy) is 1. The van der Waals surface area contributed by atoms with Crippen LogP contribution < -0.4 is 9.64 Å². The Morgan fingerprint density at radius 3 is 2.45 bits per heavy atom. The van der Waals surface area contributed by atoms with Crippen LogP contribution in [0.2, 0.25) is 0 Å². The standard InChI is InChI=1S/C17H15NO2/c1-18-16-6-4-3-5-14(16)15(17(18)19)11-12-7-9-13(20-2)10-8-12/h3-11H,1-2H3/b15-11-. The summed E-state index contributed by atoms with van der Waals surface area (Å²) >= 11 is 0. The third-order valence-electron chi connectivity index (χ3n) is 3.52. The van der Waals surface area contributed by atoms with Crippen LogP contribution in [-0.4, -0.2) is 20.1 Å². The smallest absolute Gasteiger partial charge is 0.258 e. The molecule has 20 heavy (non-hydrogen) atoms. The van der Waals surface area contributed by atoms with E-state index in [1.54, 1.807) is 19.1 Å². The van der Waals surface area contributed by atoms with Crippen LogP contribution in [0.5, 0.6) is 5.75 Å². The van der Waals surface area contributed by atoms with Gasteiger partial charge in [0.2, 0.25) is 0 Å². The van der Waals surface area contributed by atoms with Gasteiger partial charge in [-0.15, -0.1) is 0 Å². The fraction of sp³-hybridized carbons (Fsp3) is 0.118. The number of hydrogen-bond donors (Lipinski definition) is 0. The van der Waals surface area contributed by atoms with E-state index >= 15 is 0 Å². The van der Waals surface area contributed by atoms with Gasteiger partial charge in [0.25, 0.3) is 5.91 Å². The lowest BCUT2D eigenvalue weighted by Crippen LogP contribution is -2.20. The van der Waals surface area contributed by atoms with Crippen molar-refractivity contribution in [2.45, 2.75) is 0 Å². The molecule has 3 heteroatoms. The average molecular weight is 265 g/mol. The first-order chi connectivity index (χ1) is 9.70. The first kappa shape index (κ1) is 12.5. The second-order valence-corrected chi connectivity index (χ2v) is 4.71. The van der Waals surface area contributed by atoms with E-state index < -0.39 is 0 Å². The number of para-hydroxylation sites is 1. The monoisotopic (exact) mass is 265 g/mol. The summed E-state index contributed by atoms with van der Waals surface area (Å²) in [5.41, 5.74) is 3.65. The first-order valence-electron chi connectivity index (χ1n) is 6.44. The number of rotatable bonds is 2. The number of hydrogen-bond acceptors (Lipinski definition) is 2. The molecular weight excluding hydrogens is 250 g/mol. The lowest BCUT2D eigenvalue weighted by atomic mass is 10.0. The third-order valence-corrected chi connectivity index (χ3v) is 3.52. The first-order valence-corrected chi connectivity index (χ1v) is 6.44. The normalized spacial score (nSPS) is 15.6. The van der Waals surface area contributed by atoms with Crippen molar-refractivity contribution in [3.63, 3.8) is 0 Å². The molecule has 2 aromatic carbocycles. The van der Waals surface area contributed by atoms with Crippen LogP contribution in [0.1, 0.15) is 11.1 Å². The molecule has 1 aliphatic rings. The van der Waals surface area contributed by atoms with E-state index in [1.165, 1.54) is 0 Å². The summed E-state index contributed by atoms with van der Waals surface area (Å²) in [5, 5.41) is 0. The molecule has 3 rings (SSSR count). The maximum Gasteiger partial charge on any atom is 0.258 e. The Hall–Kier alpha value is -2.55. The Morgan fingerprint density at radius 1 is 1.05 bits per heavy atom. The molecule has 1 heterocycles. The fourth-order valence-corrected chi connectivity index (χ4v) is 2.41. The van der Waals surface area contributed by atoms with Crippen molar-refractivity contribution in [1.29, 1.82) is 0 Å². The van der Waals surface area contributed by atoms with E-state index in [9.17, 15) is 4.79 Å². The van der Waals surface area contributed by atoms with Gasteiger partial charge in [-0.05, 0) is 29.8 Å². The minimum absolute atomic E-state index is 0.0296. The van der Waals surface area contributed by atoms with Gasteiger partial charge >= 0.3 is 0 Å². The maximum atomic E-state index is 12.3. The van der Waals surface area contributed by atoms with Gasteiger partial charge in [-0.1, -0.05) is 30.3 Å². The second-order valence-electron chi connectivity index (χ2n) is 4.71. The molecule has 100 valence electrons. The van der Waals surface area contributed by atoms with Gasteiger partial charge in [-0.3, -0.25) is 4.79 Å². The lowest BCUT2D eigenvalue weighted by Gasteiger charge is -2.07. The van der Waals surface area contributed by atoms with Crippen LogP contribution in [0.15, 0.2) is 48.5 Å². The van der Waals surface area contributed by atoms with Crippen LogP contribution in [0.4, 0.5) is 5.69 Å². The predicted molar refractivity (Wildman–Crippen MR) is 80.7 cm³/mol. The SMILES string of the molecule is COc1ccc(/C=C2\C(=O)N(C)c3ccccc32)cc1. The third kappa shape index (κ3) is 1.97. The fourth-order valence-electron chi connectivity index (χ4n) is 2.41. The summed E-state index contributed by atoms with van der Waals surface area (Å²) in [5.74, 6) is 0.837. The van der Waals surface area contributed by atoms with E-state index in [4.69, 9.17) is 4.74 Å². The summed E-state index contributed by atoms with van der Waals surface area (Å²) in [7, 11) is 3.44. The van der Waals surface area contributed by atoms with Gasteiger partial charge in [-0.2, -0.15) is 0 Å². The largest absolute Gasteiger partial charge is 0.497 e. The van der Waals surface area contributed by atoms with Gasteiger partial charge in [0, 0.05) is 18.2 Å².